The number of nitrogens with two attached hydrogens (primary N) is 1. The van der Waals surface area contributed by atoms with Crippen molar-refractivity contribution in [3.8, 4) is 0 Å². The summed E-state index contributed by atoms with van der Waals surface area (Å²) in [6.07, 6.45) is 0. The van der Waals surface area contributed by atoms with Crippen molar-refractivity contribution in [2.24, 2.45) is 5.73 Å². The van der Waals surface area contributed by atoms with E-state index in [0.717, 1.165) is 5.56 Å². The van der Waals surface area contributed by atoms with Gasteiger partial charge >= 0.3 is 0 Å². The summed E-state index contributed by atoms with van der Waals surface area (Å²) in [4.78, 5) is 23.5. The minimum atomic E-state index is -0.616. The zero-order valence-electron chi connectivity index (χ0n) is 13.0. The average molecular weight is 366 g/mol. The lowest BCUT2D eigenvalue weighted by Crippen LogP contribution is -2.32. The summed E-state index contributed by atoms with van der Waals surface area (Å²) in [5.41, 5.74) is 6.95. The van der Waals surface area contributed by atoms with Crippen molar-refractivity contribution in [1.82, 2.24) is 5.32 Å². The fourth-order valence-corrected chi connectivity index (χ4v) is 2.48. The molecule has 0 aromatic heterocycles. The molecule has 2 amide bonds. The van der Waals surface area contributed by atoms with Crippen LogP contribution in [0, 0.1) is 0 Å². The third-order valence-electron chi connectivity index (χ3n) is 3.43. The first kappa shape index (κ1) is 18.1. The van der Waals surface area contributed by atoms with Gasteiger partial charge in [0.2, 0.25) is 5.91 Å². The zero-order valence-corrected chi connectivity index (χ0v) is 14.5. The van der Waals surface area contributed by atoms with Crippen LogP contribution in [0.3, 0.4) is 0 Å². The van der Waals surface area contributed by atoms with Crippen LogP contribution in [0.1, 0.15) is 28.9 Å². The second kappa shape index (κ2) is 8.04. The molecule has 0 spiro atoms. The first-order chi connectivity index (χ1) is 11.4. The number of primary amides is 1. The van der Waals surface area contributed by atoms with E-state index in [0.29, 0.717) is 15.7 Å². The highest BCUT2D eigenvalue weighted by atomic mass is 35.5. The van der Waals surface area contributed by atoms with Crippen molar-refractivity contribution in [3.05, 3.63) is 63.6 Å². The predicted octanol–water partition coefficient (Wildman–Crippen LogP) is 3.38. The first-order valence-corrected chi connectivity index (χ1v) is 8.00. The topological polar surface area (TPSA) is 84.2 Å². The molecule has 0 aliphatic heterocycles. The quantitative estimate of drug-likeness (QED) is 0.733. The van der Waals surface area contributed by atoms with Gasteiger partial charge in [-0.3, -0.25) is 9.59 Å². The second-order valence-electron chi connectivity index (χ2n) is 5.25. The monoisotopic (exact) mass is 365 g/mol. The molecule has 0 aliphatic carbocycles. The molecule has 2 rings (SSSR count). The Bertz CT molecular complexity index is 748. The Kier molecular flexibility index (Phi) is 6.06. The van der Waals surface area contributed by atoms with Crippen molar-refractivity contribution < 1.29 is 9.59 Å². The third kappa shape index (κ3) is 4.88. The molecule has 5 nitrogen and oxygen atoms in total. The first-order valence-electron chi connectivity index (χ1n) is 7.25. The third-order valence-corrected chi connectivity index (χ3v) is 3.92. The van der Waals surface area contributed by atoms with Crippen LogP contribution in [0.15, 0.2) is 42.5 Å². The van der Waals surface area contributed by atoms with E-state index < -0.39 is 5.91 Å². The largest absolute Gasteiger partial charge is 0.376 e. The number of hydrogen-bond donors (Lipinski definition) is 3. The predicted molar refractivity (Wildman–Crippen MR) is 96.5 cm³/mol. The number of anilines is 1. The van der Waals surface area contributed by atoms with Gasteiger partial charge in [-0.05, 0) is 42.8 Å². The molecule has 0 bridgehead atoms. The Morgan fingerprint density at radius 1 is 1.08 bits per heavy atom. The minimum absolute atomic E-state index is 0.000157. The number of amides is 2. The molecule has 0 saturated heterocycles. The van der Waals surface area contributed by atoms with E-state index >= 15 is 0 Å². The Morgan fingerprint density at radius 3 is 2.33 bits per heavy atom. The molecule has 126 valence electrons. The van der Waals surface area contributed by atoms with E-state index in [2.05, 4.69) is 10.6 Å². The summed E-state index contributed by atoms with van der Waals surface area (Å²) in [7, 11) is 0. The van der Waals surface area contributed by atoms with E-state index in [1.54, 1.807) is 24.3 Å². The standard InChI is InChI=1S/C17H17Cl2N3O2/c1-10(11-2-4-12(18)5-3-11)22-16(23)9-21-15-7-6-13(19)8-14(15)17(20)24/h2-8,10,21H,9H2,1H3,(H2,20,24)(H,22,23). The van der Waals surface area contributed by atoms with Crippen LogP contribution in [0.5, 0.6) is 0 Å². The van der Waals surface area contributed by atoms with Gasteiger partial charge in [-0.2, -0.15) is 0 Å². The molecule has 1 unspecified atom stereocenters. The number of hydrogen-bond acceptors (Lipinski definition) is 3. The Balaban J connectivity index is 1.96. The second-order valence-corrected chi connectivity index (χ2v) is 6.12. The molecule has 0 radical (unpaired) electrons. The van der Waals surface area contributed by atoms with E-state index in [9.17, 15) is 9.59 Å². The molecule has 24 heavy (non-hydrogen) atoms. The van der Waals surface area contributed by atoms with Gasteiger partial charge in [0, 0.05) is 15.7 Å². The molecule has 0 aliphatic rings. The van der Waals surface area contributed by atoms with Gasteiger partial charge in [0.25, 0.3) is 5.91 Å². The van der Waals surface area contributed by atoms with Gasteiger partial charge in [-0.1, -0.05) is 35.3 Å². The fourth-order valence-electron chi connectivity index (χ4n) is 2.18. The number of halogens is 2. The average Bonchev–Trinajstić information content (AvgIpc) is 2.54. The summed E-state index contributed by atoms with van der Waals surface area (Å²) in [5, 5.41) is 6.79. The van der Waals surface area contributed by atoms with Crippen molar-refractivity contribution in [2.75, 3.05) is 11.9 Å². The van der Waals surface area contributed by atoms with Crippen LogP contribution in [-0.4, -0.2) is 18.4 Å². The lowest BCUT2D eigenvalue weighted by molar-refractivity contribution is -0.120. The Labute approximate surface area is 150 Å². The summed E-state index contributed by atoms with van der Waals surface area (Å²) in [5.74, 6) is -0.835. The summed E-state index contributed by atoms with van der Waals surface area (Å²) < 4.78 is 0. The van der Waals surface area contributed by atoms with Gasteiger partial charge in [-0.25, -0.2) is 0 Å². The molecule has 0 saturated carbocycles. The molecule has 0 heterocycles. The van der Waals surface area contributed by atoms with Crippen molar-refractivity contribution in [3.63, 3.8) is 0 Å². The van der Waals surface area contributed by atoms with Gasteiger partial charge < -0.3 is 16.4 Å². The number of carbonyl (C=O) groups is 2. The highest BCUT2D eigenvalue weighted by Crippen LogP contribution is 2.20. The Hall–Kier alpha value is -2.24. The molecule has 2 aromatic carbocycles. The molecule has 1 atom stereocenters. The van der Waals surface area contributed by atoms with Crippen molar-refractivity contribution in [2.45, 2.75) is 13.0 Å². The SMILES string of the molecule is CC(NC(=O)CNc1ccc(Cl)cc1C(N)=O)c1ccc(Cl)cc1. The lowest BCUT2D eigenvalue weighted by Gasteiger charge is -2.16. The molecular formula is C17H17Cl2N3O2. The molecular weight excluding hydrogens is 349 g/mol. The number of nitrogens with one attached hydrogen (secondary N) is 2. The number of rotatable bonds is 6. The summed E-state index contributed by atoms with van der Waals surface area (Å²) >= 11 is 11.7. The minimum Gasteiger partial charge on any atom is -0.376 e. The van der Waals surface area contributed by atoms with Crippen LogP contribution < -0.4 is 16.4 Å². The van der Waals surface area contributed by atoms with Crippen LogP contribution >= 0.6 is 23.2 Å². The smallest absolute Gasteiger partial charge is 0.250 e. The van der Waals surface area contributed by atoms with Crippen LogP contribution in [-0.2, 0) is 4.79 Å². The van der Waals surface area contributed by atoms with E-state index in [1.807, 2.05) is 19.1 Å². The van der Waals surface area contributed by atoms with Gasteiger partial charge in [0.15, 0.2) is 0 Å². The van der Waals surface area contributed by atoms with Crippen molar-refractivity contribution >= 4 is 40.7 Å². The maximum atomic E-state index is 12.1. The van der Waals surface area contributed by atoms with Crippen LogP contribution in [0.4, 0.5) is 5.69 Å². The highest BCUT2D eigenvalue weighted by Gasteiger charge is 2.12. The van der Waals surface area contributed by atoms with Crippen LogP contribution in [0.25, 0.3) is 0 Å². The number of carbonyl (C=O) groups excluding carboxylic acids is 2. The maximum absolute atomic E-state index is 12.1. The molecule has 4 N–H and O–H groups in total. The van der Waals surface area contributed by atoms with E-state index in [1.165, 1.54) is 6.07 Å². The van der Waals surface area contributed by atoms with Gasteiger partial charge in [0.05, 0.1) is 18.2 Å². The maximum Gasteiger partial charge on any atom is 0.250 e. The Morgan fingerprint density at radius 2 is 1.71 bits per heavy atom. The van der Waals surface area contributed by atoms with E-state index in [-0.39, 0.29) is 24.1 Å². The molecule has 7 heteroatoms. The molecule has 0 fully saturated rings. The highest BCUT2D eigenvalue weighted by molar-refractivity contribution is 6.31. The molecule has 2 aromatic rings. The van der Waals surface area contributed by atoms with Crippen molar-refractivity contribution in [1.29, 1.82) is 0 Å². The number of benzene rings is 2. The zero-order chi connectivity index (χ0) is 17.7. The van der Waals surface area contributed by atoms with Crippen LogP contribution in [0.2, 0.25) is 10.0 Å². The lowest BCUT2D eigenvalue weighted by atomic mass is 10.1. The normalized spacial score (nSPS) is 11.6. The summed E-state index contributed by atoms with van der Waals surface area (Å²) in [6, 6.07) is 11.8. The van der Waals surface area contributed by atoms with Gasteiger partial charge in [-0.15, -0.1) is 0 Å². The van der Waals surface area contributed by atoms with E-state index in [4.69, 9.17) is 28.9 Å². The summed E-state index contributed by atoms with van der Waals surface area (Å²) in [6.45, 7) is 1.87. The fraction of sp³-hybridized carbons (Fsp3) is 0.176. The van der Waals surface area contributed by atoms with Gasteiger partial charge in [0.1, 0.15) is 0 Å².